The first-order chi connectivity index (χ1) is 11.5. The number of hydrazine groups is 1. The van der Waals surface area contributed by atoms with Crippen LogP contribution < -0.4 is 10.9 Å². The third kappa shape index (κ3) is 3.46. The number of anilines is 1. The Hall–Kier alpha value is -2.67. The molecule has 3 aromatic rings. The van der Waals surface area contributed by atoms with Gasteiger partial charge in [-0.25, -0.2) is 4.39 Å². The van der Waals surface area contributed by atoms with E-state index in [-0.39, 0.29) is 5.56 Å². The van der Waals surface area contributed by atoms with Gasteiger partial charge in [-0.15, -0.1) is 0 Å². The number of nitrogens with one attached hydrogen (secondary N) is 2. The third-order valence-corrected chi connectivity index (χ3v) is 3.94. The number of hydrogen-bond acceptors (Lipinski definition) is 3. The van der Waals surface area contributed by atoms with E-state index in [1.807, 2.05) is 31.4 Å². The summed E-state index contributed by atoms with van der Waals surface area (Å²) >= 11 is 3.46. The van der Waals surface area contributed by atoms with Crippen LogP contribution in [0.2, 0.25) is 0 Å². The molecule has 0 aliphatic carbocycles. The van der Waals surface area contributed by atoms with Crippen LogP contribution in [-0.2, 0) is 7.05 Å². The lowest BCUT2D eigenvalue weighted by Gasteiger charge is -2.10. The Morgan fingerprint density at radius 3 is 2.71 bits per heavy atom. The van der Waals surface area contributed by atoms with Gasteiger partial charge in [-0.1, -0.05) is 24.3 Å². The monoisotopic (exact) mass is 388 g/mol. The van der Waals surface area contributed by atoms with E-state index in [1.54, 1.807) is 16.8 Å². The van der Waals surface area contributed by atoms with E-state index in [0.29, 0.717) is 5.69 Å². The average molecular weight is 389 g/mol. The molecule has 0 saturated carbocycles. The molecular weight excluding hydrogens is 375 g/mol. The van der Waals surface area contributed by atoms with E-state index in [0.717, 1.165) is 15.7 Å². The molecule has 5 nitrogen and oxygen atoms in total. The molecule has 0 atom stereocenters. The van der Waals surface area contributed by atoms with Crippen LogP contribution in [0.1, 0.15) is 10.4 Å². The topological polar surface area (TPSA) is 59.0 Å². The normalized spacial score (nSPS) is 10.5. The van der Waals surface area contributed by atoms with Crippen LogP contribution in [0.3, 0.4) is 0 Å². The number of aryl methyl sites for hydroxylation is 1. The van der Waals surface area contributed by atoms with Crippen molar-refractivity contribution in [3.05, 3.63) is 70.6 Å². The Bertz CT molecular complexity index is 894. The first-order valence-corrected chi connectivity index (χ1v) is 7.94. The number of nitrogens with zero attached hydrogens (tertiary/aromatic N) is 2. The van der Waals surface area contributed by atoms with Gasteiger partial charge in [-0.05, 0) is 40.2 Å². The van der Waals surface area contributed by atoms with Crippen molar-refractivity contribution in [2.45, 2.75) is 0 Å². The van der Waals surface area contributed by atoms with Crippen LogP contribution in [0, 0.1) is 5.82 Å². The first kappa shape index (κ1) is 16.2. The van der Waals surface area contributed by atoms with Gasteiger partial charge in [0.05, 0.1) is 15.7 Å². The predicted molar refractivity (Wildman–Crippen MR) is 93.8 cm³/mol. The van der Waals surface area contributed by atoms with E-state index in [2.05, 4.69) is 31.9 Å². The van der Waals surface area contributed by atoms with E-state index in [4.69, 9.17) is 0 Å². The fourth-order valence-electron chi connectivity index (χ4n) is 2.24. The molecule has 0 saturated heterocycles. The highest BCUT2D eigenvalue weighted by atomic mass is 79.9. The summed E-state index contributed by atoms with van der Waals surface area (Å²) in [4.78, 5) is 12.0. The quantitative estimate of drug-likeness (QED) is 0.669. The van der Waals surface area contributed by atoms with Crippen LogP contribution >= 0.6 is 15.9 Å². The van der Waals surface area contributed by atoms with Crippen molar-refractivity contribution in [3.8, 4) is 11.3 Å². The molecule has 24 heavy (non-hydrogen) atoms. The van der Waals surface area contributed by atoms with Crippen molar-refractivity contribution in [1.29, 1.82) is 0 Å². The molecule has 0 unspecified atom stereocenters. The number of aromatic nitrogens is 2. The van der Waals surface area contributed by atoms with Crippen LogP contribution in [-0.4, -0.2) is 15.7 Å². The zero-order valence-electron chi connectivity index (χ0n) is 12.8. The van der Waals surface area contributed by atoms with Gasteiger partial charge in [0.2, 0.25) is 0 Å². The number of carbonyl (C=O) groups excluding carboxylic acids is 1. The van der Waals surface area contributed by atoms with Crippen molar-refractivity contribution in [2.24, 2.45) is 7.05 Å². The molecule has 1 aromatic heterocycles. The maximum absolute atomic E-state index is 13.6. The molecule has 0 aliphatic heterocycles. The summed E-state index contributed by atoms with van der Waals surface area (Å²) in [5.74, 6) is -1.11. The van der Waals surface area contributed by atoms with Crippen molar-refractivity contribution >= 4 is 27.5 Å². The van der Waals surface area contributed by atoms with Crippen molar-refractivity contribution < 1.29 is 9.18 Å². The maximum atomic E-state index is 13.6. The molecule has 122 valence electrons. The zero-order chi connectivity index (χ0) is 17.1. The number of carbonyl (C=O) groups is 1. The molecule has 1 heterocycles. The van der Waals surface area contributed by atoms with Gasteiger partial charge in [0, 0.05) is 18.8 Å². The van der Waals surface area contributed by atoms with Crippen molar-refractivity contribution in [3.63, 3.8) is 0 Å². The Kier molecular flexibility index (Phi) is 4.61. The zero-order valence-corrected chi connectivity index (χ0v) is 14.3. The molecule has 3 rings (SSSR count). The predicted octanol–water partition coefficient (Wildman–Crippen LogP) is 3.75. The Morgan fingerprint density at radius 2 is 2.00 bits per heavy atom. The van der Waals surface area contributed by atoms with Crippen molar-refractivity contribution in [2.75, 3.05) is 5.43 Å². The van der Waals surface area contributed by atoms with Crippen LogP contribution in [0.25, 0.3) is 11.3 Å². The summed E-state index contributed by atoms with van der Waals surface area (Å²) in [7, 11) is 1.84. The second-order valence-corrected chi connectivity index (χ2v) is 5.99. The Labute approximate surface area is 146 Å². The molecule has 0 aliphatic rings. The van der Waals surface area contributed by atoms with E-state index in [1.165, 1.54) is 18.2 Å². The van der Waals surface area contributed by atoms with E-state index < -0.39 is 11.7 Å². The second-order valence-electron chi connectivity index (χ2n) is 5.14. The fraction of sp³-hybridized carbons (Fsp3) is 0.0588. The molecule has 1 amide bonds. The summed E-state index contributed by atoms with van der Waals surface area (Å²) in [6, 6.07) is 13.2. The Balaban J connectivity index is 1.75. The average Bonchev–Trinajstić information content (AvgIpc) is 2.92. The van der Waals surface area contributed by atoms with Crippen LogP contribution in [0.4, 0.5) is 10.1 Å². The summed E-state index contributed by atoms with van der Waals surface area (Å²) in [6.45, 7) is 0. The molecule has 0 radical (unpaired) electrons. The highest BCUT2D eigenvalue weighted by Gasteiger charge is 2.11. The summed E-state index contributed by atoms with van der Waals surface area (Å²) in [6.07, 6.45) is 1.86. The highest BCUT2D eigenvalue weighted by Crippen LogP contribution is 2.27. The minimum atomic E-state index is -0.567. The number of amides is 1. The van der Waals surface area contributed by atoms with Gasteiger partial charge < -0.3 is 0 Å². The van der Waals surface area contributed by atoms with Gasteiger partial charge in [-0.2, -0.15) is 5.10 Å². The van der Waals surface area contributed by atoms with Gasteiger partial charge >= 0.3 is 0 Å². The molecule has 2 N–H and O–H groups in total. The lowest BCUT2D eigenvalue weighted by atomic mass is 10.1. The molecule has 0 spiro atoms. The maximum Gasteiger partial charge on any atom is 0.272 e. The van der Waals surface area contributed by atoms with Gasteiger partial charge in [0.15, 0.2) is 0 Å². The SMILES string of the molecule is Cn1cc(Br)c(-c2cccc(NNC(=O)c3ccccc3F)c2)n1. The summed E-state index contributed by atoms with van der Waals surface area (Å²) in [5, 5.41) is 4.38. The molecule has 2 aromatic carbocycles. The number of halogens is 2. The molecule has 0 bridgehead atoms. The lowest BCUT2D eigenvalue weighted by Crippen LogP contribution is -2.30. The summed E-state index contributed by atoms with van der Waals surface area (Å²) in [5.41, 5.74) is 7.60. The van der Waals surface area contributed by atoms with Crippen LogP contribution in [0.15, 0.2) is 59.2 Å². The third-order valence-electron chi connectivity index (χ3n) is 3.36. The van der Waals surface area contributed by atoms with Gasteiger partial charge in [0.1, 0.15) is 11.5 Å². The Morgan fingerprint density at radius 1 is 1.21 bits per heavy atom. The second kappa shape index (κ2) is 6.84. The minimum absolute atomic E-state index is 0.0198. The smallest absolute Gasteiger partial charge is 0.272 e. The number of rotatable bonds is 4. The van der Waals surface area contributed by atoms with Gasteiger partial charge in [-0.3, -0.25) is 20.3 Å². The van der Waals surface area contributed by atoms with E-state index >= 15 is 0 Å². The lowest BCUT2D eigenvalue weighted by molar-refractivity contribution is 0.0958. The minimum Gasteiger partial charge on any atom is -0.298 e. The van der Waals surface area contributed by atoms with Gasteiger partial charge in [0.25, 0.3) is 5.91 Å². The molecule has 7 heteroatoms. The highest BCUT2D eigenvalue weighted by molar-refractivity contribution is 9.10. The van der Waals surface area contributed by atoms with Crippen molar-refractivity contribution in [1.82, 2.24) is 15.2 Å². The fourth-order valence-corrected chi connectivity index (χ4v) is 2.85. The molecule has 0 fully saturated rings. The number of benzene rings is 2. The number of hydrogen-bond donors (Lipinski definition) is 2. The largest absolute Gasteiger partial charge is 0.298 e. The summed E-state index contributed by atoms with van der Waals surface area (Å²) < 4.78 is 16.2. The molecular formula is C17H14BrFN4O. The first-order valence-electron chi connectivity index (χ1n) is 7.15. The van der Waals surface area contributed by atoms with Crippen LogP contribution in [0.5, 0.6) is 0 Å². The standard InChI is InChI=1S/C17H14BrFN4O/c1-23-10-14(18)16(22-23)11-5-4-6-12(9-11)20-21-17(24)13-7-2-3-8-15(13)19/h2-10,20H,1H3,(H,21,24). The van der Waals surface area contributed by atoms with E-state index in [9.17, 15) is 9.18 Å².